The van der Waals surface area contributed by atoms with Crippen molar-refractivity contribution in [3.8, 4) is 0 Å². The molecule has 5 nitrogen and oxygen atoms in total. The normalized spacial score (nSPS) is 26.7. The lowest BCUT2D eigenvalue weighted by Crippen LogP contribution is -2.51. The Morgan fingerprint density at radius 3 is 2.23 bits per heavy atom. The maximum Gasteiger partial charge on any atom is 0.240 e. The van der Waals surface area contributed by atoms with E-state index >= 15 is 0 Å². The number of nitrogens with zero attached hydrogens (tertiary/aromatic N) is 2. The number of imide groups is 1. The van der Waals surface area contributed by atoms with Crippen LogP contribution in [-0.2, 0) is 14.4 Å². The van der Waals surface area contributed by atoms with Gasteiger partial charge in [0, 0.05) is 11.1 Å². The van der Waals surface area contributed by atoms with Gasteiger partial charge >= 0.3 is 0 Å². The zero-order valence-corrected chi connectivity index (χ0v) is 18.2. The van der Waals surface area contributed by atoms with Gasteiger partial charge in [-0.25, -0.2) is 4.90 Å². The fourth-order valence-electron chi connectivity index (χ4n) is 5.21. The van der Waals surface area contributed by atoms with Crippen LogP contribution >= 0.6 is 0 Å². The first-order chi connectivity index (χ1) is 14.7. The van der Waals surface area contributed by atoms with Crippen LogP contribution in [0.5, 0.6) is 0 Å². The number of hydrogen-bond acceptors (Lipinski definition) is 4. The van der Waals surface area contributed by atoms with Gasteiger partial charge in [0.25, 0.3) is 0 Å². The van der Waals surface area contributed by atoms with Crippen molar-refractivity contribution in [2.75, 3.05) is 9.80 Å². The second-order valence-electron chi connectivity index (χ2n) is 9.77. The fraction of sp³-hybridized carbons (Fsp3) is 0.346. The van der Waals surface area contributed by atoms with Gasteiger partial charge in [0.05, 0.1) is 23.6 Å². The smallest absolute Gasteiger partial charge is 0.240 e. The minimum Gasteiger partial charge on any atom is -0.353 e. The lowest BCUT2D eigenvalue weighted by molar-refractivity contribution is -0.132. The molecule has 2 amide bonds. The maximum atomic E-state index is 13.7. The number of rotatable bonds is 2. The molecule has 3 aliphatic rings. The Labute approximate surface area is 182 Å². The number of anilines is 2. The molecule has 2 aromatic rings. The maximum absolute atomic E-state index is 13.7. The molecule has 0 unspecified atom stereocenters. The van der Waals surface area contributed by atoms with E-state index in [2.05, 4.69) is 0 Å². The Morgan fingerprint density at radius 2 is 1.55 bits per heavy atom. The van der Waals surface area contributed by atoms with Crippen LogP contribution in [0, 0.1) is 24.2 Å². The topological polar surface area (TPSA) is 57.7 Å². The summed E-state index contributed by atoms with van der Waals surface area (Å²) < 4.78 is 0. The summed E-state index contributed by atoms with van der Waals surface area (Å²) in [6.07, 6.45) is 3.99. The zero-order valence-electron chi connectivity index (χ0n) is 18.2. The number of benzene rings is 2. The molecule has 0 N–H and O–H groups in total. The summed E-state index contributed by atoms with van der Waals surface area (Å²) in [5.74, 6) is -1.78. The third-order valence-electron chi connectivity index (χ3n) is 6.71. The highest BCUT2D eigenvalue weighted by atomic mass is 16.2. The first-order valence-corrected chi connectivity index (χ1v) is 10.7. The minimum absolute atomic E-state index is 0.0120. The summed E-state index contributed by atoms with van der Waals surface area (Å²) in [6, 6.07) is 14.3. The fourth-order valence-corrected chi connectivity index (χ4v) is 5.21. The molecule has 5 heteroatoms. The largest absolute Gasteiger partial charge is 0.353 e. The number of para-hydroxylation sites is 1. The second kappa shape index (κ2) is 6.64. The van der Waals surface area contributed by atoms with Gasteiger partial charge in [-0.2, -0.15) is 0 Å². The number of carbonyl (C=O) groups excluding carboxylic acids is 3. The first kappa shape index (κ1) is 19.7. The van der Waals surface area contributed by atoms with E-state index in [4.69, 9.17) is 0 Å². The van der Waals surface area contributed by atoms with E-state index in [9.17, 15) is 14.4 Å². The molecule has 4 atom stereocenters. The van der Waals surface area contributed by atoms with Crippen LogP contribution in [-0.4, -0.2) is 29.7 Å². The highest BCUT2D eigenvalue weighted by Crippen LogP contribution is 2.50. The van der Waals surface area contributed by atoms with E-state index in [1.54, 1.807) is 12.1 Å². The second-order valence-corrected chi connectivity index (χ2v) is 9.77. The van der Waals surface area contributed by atoms with Gasteiger partial charge in [-0.15, -0.1) is 0 Å². The van der Waals surface area contributed by atoms with Crippen molar-refractivity contribution < 1.29 is 14.4 Å². The average Bonchev–Trinajstić information content (AvgIpc) is 3.21. The zero-order chi connectivity index (χ0) is 22.1. The third-order valence-corrected chi connectivity index (χ3v) is 6.71. The van der Waals surface area contributed by atoms with Gasteiger partial charge in [0.15, 0.2) is 5.78 Å². The molecular weight excluding hydrogens is 388 g/mol. The number of fused-ring (bicyclic) bond motifs is 5. The monoisotopic (exact) mass is 414 g/mol. The van der Waals surface area contributed by atoms with E-state index in [0.717, 1.165) is 16.8 Å². The lowest BCUT2D eigenvalue weighted by Gasteiger charge is -2.38. The Hall–Kier alpha value is -3.21. The van der Waals surface area contributed by atoms with Gasteiger partial charge in [-0.05, 0) is 30.7 Å². The molecule has 2 fully saturated rings. The van der Waals surface area contributed by atoms with Crippen LogP contribution in [0.3, 0.4) is 0 Å². The van der Waals surface area contributed by atoms with E-state index in [1.165, 1.54) is 4.90 Å². The van der Waals surface area contributed by atoms with E-state index in [-0.39, 0.29) is 23.6 Å². The van der Waals surface area contributed by atoms with Crippen molar-refractivity contribution >= 4 is 35.0 Å². The van der Waals surface area contributed by atoms with Gasteiger partial charge in [-0.3, -0.25) is 14.4 Å². The summed E-state index contributed by atoms with van der Waals surface area (Å²) in [5.41, 5.74) is 2.90. The number of hydrogen-bond donors (Lipinski definition) is 0. The van der Waals surface area contributed by atoms with Crippen LogP contribution in [0.1, 0.15) is 31.9 Å². The number of amides is 2. The predicted molar refractivity (Wildman–Crippen MR) is 121 cm³/mol. The Bertz CT molecular complexity index is 1130. The Morgan fingerprint density at radius 1 is 0.903 bits per heavy atom. The van der Waals surface area contributed by atoms with Crippen LogP contribution in [0.15, 0.2) is 54.6 Å². The molecule has 158 valence electrons. The molecule has 0 aromatic heterocycles. The van der Waals surface area contributed by atoms with Crippen LogP contribution in [0.25, 0.3) is 6.08 Å². The summed E-state index contributed by atoms with van der Waals surface area (Å²) in [5, 5.41) is 0. The van der Waals surface area contributed by atoms with Crippen LogP contribution in [0.2, 0.25) is 0 Å². The number of aryl methyl sites for hydroxylation is 1. The van der Waals surface area contributed by atoms with E-state index < -0.39 is 23.3 Å². The lowest BCUT2D eigenvalue weighted by atomic mass is 9.79. The average molecular weight is 415 g/mol. The highest BCUT2D eigenvalue weighted by Gasteiger charge is 2.64. The van der Waals surface area contributed by atoms with Crippen molar-refractivity contribution in [1.29, 1.82) is 0 Å². The SMILES string of the molecule is Cc1ccc(N2C(=O)[C@@H]3[C@H](C2=O)[C@@H]2C=Cc4ccccc4N2[C@@H]3C(=O)C(C)(C)C)cc1. The van der Waals surface area contributed by atoms with Gasteiger partial charge < -0.3 is 4.90 Å². The molecule has 3 aliphatic heterocycles. The molecule has 0 saturated carbocycles. The predicted octanol–water partition coefficient (Wildman–Crippen LogP) is 4.00. The van der Waals surface area contributed by atoms with Crippen molar-refractivity contribution in [2.45, 2.75) is 39.8 Å². The van der Waals surface area contributed by atoms with Crippen molar-refractivity contribution in [3.63, 3.8) is 0 Å². The molecule has 0 radical (unpaired) electrons. The molecular formula is C26H26N2O3. The van der Waals surface area contributed by atoms with E-state index in [0.29, 0.717) is 5.69 Å². The van der Waals surface area contributed by atoms with Gasteiger partial charge in [0.1, 0.15) is 6.04 Å². The molecule has 0 bridgehead atoms. The molecule has 2 aromatic carbocycles. The minimum atomic E-state index is -0.693. The summed E-state index contributed by atoms with van der Waals surface area (Å²) in [4.78, 5) is 44.3. The van der Waals surface area contributed by atoms with Gasteiger partial charge in [0.2, 0.25) is 11.8 Å². The van der Waals surface area contributed by atoms with Crippen molar-refractivity contribution in [2.24, 2.45) is 17.3 Å². The molecule has 0 aliphatic carbocycles. The number of Topliss-reactive ketones (excluding diaryl/α,β-unsaturated/α-hetero) is 1. The van der Waals surface area contributed by atoms with Gasteiger partial charge in [-0.1, -0.05) is 68.8 Å². The van der Waals surface area contributed by atoms with Crippen molar-refractivity contribution in [3.05, 3.63) is 65.7 Å². The molecule has 5 rings (SSSR count). The van der Waals surface area contributed by atoms with E-state index in [1.807, 2.05) is 81.1 Å². The highest BCUT2D eigenvalue weighted by molar-refractivity contribution is 6.25. The summed E-state index contributed by atoms with van der Waals surface area (Å²) >= 11 is 0. The Balaban J connectivity index is 1.65. The number of ketones is 1. The van der Waals surface area contributed by atoms with Crippen LogP contribution < -0.4 is 9.80 Å². The van der Waals surface area contributed by atoms with Crippen molar-refractivity contribution in [1.82, 2.24) is 0 Å². The summed E-state index contributed by atoms with van der Waals surface area (Å²) in [7, 11) is 0. The quantitative estimate of drug-likeness (QED) is 0.697. The molecule has 3 heterocycles. The summed E-state index contributed by atoms with van der Waals surface area (Å²) in [6.45, 7) is 7.60. The van der Waals surface area contributed by atoms with Crippen LogP contribution in [0.4, 0.5) is 11.4 Å². The standard InChI is InChI=1S/C26H26N2O3/c1-15-9-12-17(13-10-15)27-24(30)20-19-14-11-16-7-5-6-8-18(16)28(19)22(21(20)25(27)31)23(29)26(2,3)4/h5-14,19-22H,1-4H3/t19-,20+,21+,22-/m0/s1. The number of carbonyl (C=O) groups is 3. The molecule has 0 spiro atoms. The Kier molecular flexibility index (Phi) is 4.23. The molecule has 31 heavy (non-hydrogen) atoms. The molecule has 2 saturated heterocycles. The first-order valence-electron chi connectivity index (χ1n) is 10.7. The third kappa shape index (κ3) is 2.79.